The average Bonchev–Trinajstić information content (AvgIpc) is 3.05. The smallest absolute Gasteiger partial charge is 0.311 e. The van der Waals surface area contributed by atoms with Gasteiger partial charge >= 0.3 is 5.97 Å². The molecule has 1 atom stereocenters. The molecule has 1 saturated heterocycles. The predicted molar refractivity (Wildman–Crippen MR) is 81.9 cm³/mol. The van der Waals surface area contributed by atoms with E-state index in [2.05, 4.69) is 13.8 Å². The van der Waals surface area contributed by atoms with Gasteiger partial charge in [0.05, 0.1) is 5.41 Å². The van der Waals surface area contributed by atoms with E-state index in [1.54, 1.807) is 0 Å². The first-order chi connectivity index (χ1) is 9.85. The van der Waals surface area contributed by atoms with Crippen LogP contribution in [0.15, 0.2) is 0 Å². The SMILES string of the molecule is CCC1(C(=O)O)CCN(C(=O)C2(CC(C)C)CCCC2)C1. The predicted octanol–water partition coefficient (Wildman–Crippen LogP) is 3.31. The molecule has 1 heterocycles. The fourth-order valence-electron chi connectivity index (χ4n) is 4.33. The number of carboxylic acid groups (broad SMARTS) is 1. The van der Waals surface area contributed by atoms with Crippen LogP contribution in [-0.4, -0.2) is 35.0 Å². The van der Waals surface area contributed by atoms with Gasteiger partial charge < -0.3 is 10.0 Å². The fourth-order valence-corrected chi connectivity index (χ4v) is 4.33. The summed E-state index contributed by atoms with van der Waals surface area (Å²) in [4.78, 5) is 26.5. The third kappa shape index (κ3) is 2.95. The molecule has 0 aromatic rings. The average molecular weight is 295 g/mol. The molecule has 0 radical (unpaired) electrons. The van der Waals surface area contributed by atoms with E-state index in [1.165, 1.54) is 0 Å². The molecule has 120 valence electrons. The number of carboxylic acids is 1. The van der Waals surface area contributed by atoms with E-state index in [9.17, 15) is 14.7 Å². The van der Waals surface area contributed by atoms with Crippen molar-refractivity contribution < 1.29 is 14.7 Å². The highest BCUT2D eigenvalue weighted by molar-refractivity contribution is 5.85. The van der Waals surface area contributed by atoms with Gasteiger partial charge in [0.1, 0.15) is 0 Å². The Kier molecular flexibility index (Phi) is 4.64. The van der Waals surface area contributed by atoms with Gasteiger partial charge in [0.2, 0.25) is 5.91 Å². The lowest BCUT2D eigenvalue weighted by atomic mass is 9.77. The number of rotatable bonds is 5. The minimum absolute atomic E-state index is 0.212. The second-order valence-corrected chi connectivity index (χ2v) is 7.50. The van der Waals surface area contributed by atoms with Crippen molar-refractivity contribution >= 4 is 11.9 Å². The quantitative estimate of drug-likeness (QED) is 0.846. The summed E-state index contributed by atoms with van der Waals surface area (Å²) in [6, 6.07) is 0. The van der Waals surface area contributed by atoms with Crippen molar-refractivity contribution in [2.45, 2.75) is 65.7 Å². The van der Waals surface area contributed by atoms with Crippen molar-refractivity contribution in [2.75, 3.05) is 13.1 Å². The summed E-state index contributed by atoms with van der Waals surface area (Å²) in [6.45, 7) is 7.27. The molecular formula is C17H29NO3. The summed E-state index contributed by atoms with van der Waals surface area (Å²) in [5.41, 5.74) is -0.927. The maximum atomic E-state index is 13.1. The van der Waals surface area contributed by atoms with Gasteiger partial charge in [-0.3, -0.25) is 9.59 Å². The van der Waals surface area contributed by atoms with Crippen LogP contribution in [0.4, 0.5) is 0 Å². The topological polar surface area (TPSA) is 57.6 Å². The lowest BCUT2D eigenvalue weighted by Gasteiger charge is -2.34. The van der Waals surface area contributed by atoms with Crippen molar-refractivity contribution in [1.29, 1.82) is 0 Å². The largest absolute Gasteiger partial charge is 0.481 e. The molecule has 2 fully saturated rings. The van der Waals surface area contributed by atoms with Crippen LogP contribution in [0.2, 0.25) is 0 Å². The molecule has 2 aliphatic rings. The highest BCUT2D eigenvalue weighted by Crippen LogP contribution is 2.46. The van der Waals surface area contributed by atoms with Crippen molar-refractivity contribution in [3.8, 4) is 0 Å². The molecule has 0 aromatic heterocycles. The summed E-state index contributed by atoms with van der Waals surface area (Å²) >= 11 is 0. The van der Waals surface area contributed by atoms with Crippen molar-refractivity contribution in [1.82, 2.24) is 4.90 Å². The van der Waals surface area contributed by atoms with E-state index in [0.717, 1.165) is 32.1 Å². The molecule has 0 spiro atoms. The van der Waals surface area contributed by atoms with Crippen LogP contribution < -0.4 is 0 Å². The number of aliphatic carboxylic acids is 1. The zero-order chi connectivity index (χ0) is 15.7. The lowest BCUT2D eigenvalue weighted by molar-refractivity contribution is -0.149. The summed E-state index contributed by atoms with van der Waals surface area (Å²) in [5, 5.41) is 9.50. The van der Waals surface area contributed by atoms with Gasteiger partial charge in [-0.15, -0.1) is 0 Å². The molecule has 4 nitrogen and oxygen atoms in total. The van der Waals surface area contributed by atoms with E-state index in [4.69, 9.17) is 0 Å². The van der Waals surface area contributed by atoms with Crippen LogP contribution in [0.1, 0.15) is 65.7 Å². The van der Waals surface area contributed by atoms with Gasteiger partial charge in [0.15, 0.2) is 0 Å². The second kappa shape index (κ2) is 5.98. The van der Waals surface area contributed by atoms with Crippen LogP contribution in [0, 0.1) is 16.7 Å². The van der Waals surface area contributed by atoms with E-state index in [1.807, 2.05) is 11.8 Å². The first kappa shape index (κ1) is 16.3. The molecular weight excluding hydrogens is 266 g/mol. The molecule has 1 saturated carbocycles. The van der Waals surface area contributed by atoms with E-state index < -0.39 is 11.4 Å². The van der Waals surface area contributed by atoms with E-state index in [0.29, 0.717) is 31.8 Å². The number of hydrogen-bond acceptors (Lipinski definition) is 2. The first-order valence-corrected chi connectivity index (χ1v) is 8.38. The number of carbonyl (C=O) groups is 2. The highest BCUT2D eigenvalue weighted by atomic mass is 16.4. The normalized spacial score (nSPS) is 28.3. The maximum Gasteiger partial charge on any atom is 0.311 e. The van der Waals surface area contributed by atoms with Gasteiger partial charge in [0, 0.05) is 18.5 Å². The monoisotopic (exact) mass is 295 g/mol. The van der Waals surface area contributed by atoms with Crippen molar-refractivity contribution in [2.24, 2.45) is 16.7 Å². The first-order valence-electron chi connectivity index (χ1n) is 8.38. The molecule has 0 aromatic carbocycles. The molecule has 4 heteroatoms. The maximum absolute atomic E-state index is 13.1. The van der Waals surface area contributed by atoms with Crippen LogP contribution in [-0.2, 0) is 9.59 Å². The Morgan fingerprint density at radius 2 is 1.76 bits per heavy atom. The Morgan fingerprint density at radius 3 is 2.19 bits per heavy atom. The Balaban J connectivity index is 2.14. The van der Waals surface area contributed by atoms with Gasteiger partial charge in [-0.25, -0.2) is 0 Å². The summed E-state index contributed by atoms with van der Waals surface area (Å²) in [5.74, 6) is -0.0139. The third-order valence-corrected chi connectivity index (χ3v) is 5.58. The Hall–Kier alpha value is -1.06. The Labute approximate surface area is 127 Å². The van der Waals surface area contributed by atoms with Crippen LogP contribution in [0.3, 0.4) is 0 Å². The minimum atomic E-state index is -0.746. The van der Waals surface area contributed by atoms with Crippen LogP contribution in [0.5, 0.6) is 0 Å². The number of hydrogen-bond donors (Lipinski definition) is 1. The zero-order valence-electron chi connectivity index (χ0n) is 13.7. The molecule has 1 amide bonds. The molecule has 1 aliphatic heterocycles. The number of amides is 1. The highest BCUT2D eigenvalue weighted by Gasteiger charge is 2.50. The van der Waals surface area contributed by atoms with Gasteiger partial charge in [0.25, 0.3) is 0 Å². The van der Waals surface area contributed by atoms with Crippen LogP contribution >= 0.6 is 0 Å². The third-order valence-electron chi connectivity index (χ3n) is 5.58. The Bertz CT molecular complexity index is 412. The van der Waals surface area contributed by atoms with Gasteiger partial charge in [-0.2, -0.15) is 0 Å². The number of nitrogens with zero attached hydrogens (tertiary/aromatic N) is 1. The molecule has 1 unspecified atom stereocenters. The second-order valence-electron chi connectivity index (χ2n) is 7.50. The fraction of sp³-hybridized carbons (Fsp3) is 0.882. The number of likely N-dealkylation sites (tertiary alicyclic amines) is 1. The van der Waals surface area contributed by atoms with Crippen molar-refractivity contribution in [3.05, 3.63) is 0 Å². The molecule has 1 N–H and O–H groups in total. The summed E-state index contributed by atoms with van der Waals surface area (Å²) < 4.78 is 0. The molecule has 2 rings (SSSR count). The molecule has 0 bridgehead atoms. The van der Waals surface area contributed by atoms with E-state index >= 15 is 0 Å². The van der Waals surface area contributed by atoms with Gasteiger partial charge in [-0.1, -0.05) is 33.6 Å². The standard InChI is InChI=1S/C17H29NO3/c1-4-16(15(20)21)9-10-18(12-16)14(19)17(11-13(2)3)7-5-6-8-17/h13H,4-12H2,1-3H3,(H,20,21). The number of carbonyl (C=O) groups excluding carboxylic acids is 1. The molecule has 1 aliphatic carbocycles. The summed E-state index contributed by atoms with van der Waals surface area (Å²) in [6.07, 6.45) is 6.36. The Morgan fingerprint density at radius 1 is 1.14 bits per heavy atom. The van der Waals surface area contributed by atoms with Gasteiger partial charge in [-0.05, 0) is 38.0 Å². The lowest BCUT2D eigenvalue weighted by Crippen LogP contribution is -2.44. The zero-order valence-corrected chi connectivity index (χ0v) is 13.7. The minimum Gasteiger partial charge on any atom is -0.481 e. The summed E-state index contributed by atoms with van der Waals surface area (Å²) in [7, 11) is 0. The van der Waals surface area contributed by atoms with E-state index in [-0.39, 0.29) is 11.3 Å². The van der Waals surface area contributed by atoms with Crippen LogP contribution in [0.25, 0.3) is 0 Å². The van der Waals surface area contributed by atoms with Crippen molar-refractivity contribution in [3.63, 3.8) is 0 Å². The molecule has 21 heavy (non-hydrogen) atoms.